The first-order valence-electron chi connectivity index (χ1n) is 6.77. The highest BCUT2D eigenvalue weighted by atomic mass is 16.3. The van der Waals surface area contributed by atoms with Gasteiger partial charge in [-0.05, 0) is 35.4 Å². The van der Waals surface area contributed by atoms with E-state index in [0.29, 0.717) is 11.5 Å². The van der Waals surface area contributed by atoms with E-state index in [1.165, 1.54) is 11.1 Å². The van der Waals surface area contributed by atoms with Crippen molar-refractivity contribution in [3.05, 3.63) is 59.7 Å². The minimum Gasteiger partial charge on any atom is -0.508 e. The maximum atomic E-state index is 9.31. The lowest BCUT2D eigenvalue weighted by Gasteiger charge is -2.31. The van der Waals surface area contributed by atoms with Crippen LogP contribution in [0.2, 0.25) is 0 Å². The lowest BCUT2D eigenvalue weighted by atomic mass is 10.00. The Labute approximate surface area is 118 Å². The molecule has 0 bridgehead atoms. The number of nitrogens with one attached hydrogen (secondary N) is 2. The molecule has 0 spiro atoms. The Balaban J connectivity index is 1.64. The molecule has 0 amide bonds. The van der Waals surface area contributed by atoms with Crippen LogP contribution in [0.3, 0.4) is 0 Å². The summed E-state index contributed by atoms with van der Waals surface area (Å²) in [6.07, 6.45) is 0. The molecule has 4 N–H and O–H groups in total. The van der Waals surface area contributed by atoms with Gasteiger partial charge in [0.15, 0.2) is 0 Å². The number of aromatic hydroxyl groups is 2. The molecule has 0 saturated carbocycles. The summed E-state index contributed by atoms with van der Waals surface area (Å²) in [4.78, 5) is 0. The maximum absolute atomic E-state index is 9.31. The number of hydrogen-bond donors (Lipinski definition) is 4. The molecule has 2 aromatic carbocycles. The van der Waals surface area contributed by atoms with E-state index < -0.39 is 0 Å². The second-order valence-electron chi connectivity index (χ2n) is 5.10. The zero-order valence-electron chi connectivity index (χ0n) is 11.1. The summed E-state index contributed by atoms with van der Waals surface area (Å²) in [5.41, 5.74) is 2.33. The van der Waals surface area contributed by atoms with E-state index in [0.717, 1.165) is 13.1 Å². The summed E-state index contributed by atoms with van der Waals surface area (Å²) in [6.45, 7) is 1.66. The Morgan fingerprint density at radius 2 is 1.00 bits per heavy atom. The molecule has 4 nitrogen and oxygen atoms in total. The Kier molecular flexibility index (Phi) is 3.58. The zero-order chi connectivity index (χ0) is 13.9. The topological polar surface area (TPSA) is 64.5 Å². The average Bonchev–Trinajstić information content (AvgIpc) is 2.49. The van der Waals surface area contributed by atoms with Crippen LogP contribution < -0.4 is 10.6 Å². The van der Waals surface area contributed by atoms with Crippen LogP contribution in [0.25, 0.3) is 0 Å². The van der Waals surface area contributed by atoms with Gasteiger partial charge in [-0.3, -0.25) is 0 Å². The molecule has 1 fully saturated rings. The van der Waals surface area contributed by atoms with E-state index in [-0.39, 0.29) is 12.1 Å². The molecule has 2 atom stereocenters. The second-order valence-corrected chi connectivity index (χ2v) is 5.10. The summed E-state index contributed by atoms with van der Waals surface area (Å²) >= 11 is 0. The molecule has 104 valence electrons. The third kappa shape index (κ3) is 2.76. The molecular weight excluding hydrogens is 252 g/mol. The lowest BCUT2D eigenvalue weighted by Crippen LogP contribution is -2.45. The highest BCUT2D eigenvalue weighted by Gasteiger charge is 2.21. The fourth-order valence-corrected chi connectivity index (χ4v) is 2.55. The molecule has 1 heterocycles. The molecule has 3 rings (SSSR count). The smallest absolute Gasteiger partial charge is 0.115 e. The van der Waals surface area contributed by atoms with Crippen molar-refractivity contribution in [3.63, 3.8) is 0 Å². The van der Waals surface area contributed by atoms with E-state index in [4.69, 9.17) is 0 Å². The maximum Gasteiger partial charge on any atom is 0.115 e. The van der Waals surface area contributed by atoms with Gasteiger partial charge in [0.2, 0.25) is 0 Å². The molecule has 4 heteroatoms. The Morgan fingerprint density at radius 1 is 0.650 bits per heavy atom. The van der Waals surface area contributed by atoms with Gasteiger partial charge in [-0.2, -0.15) is 0 Å². The Hall–Kier alpha value is -2.04. The van der Waals surface area contributed by atoms with Gasteiger partial charge in [0, 0.05) is 25.2 Å². The van der Waals surface area contributed by atoms with Crippen LogP contribution in [0.15, 0.2) is 48.5 Å². The van der Waals surface area contributed by atoms with Gasteiger partial charge in [0.25, 0.3) is 0 Å². The van der Waals surface area contributed by atoms with Crippen molar-refractivity contribution in [2.75, 3.05) is 13.1 Å². The predicted octanol–water partition coefficient (Wildman–Crippen LogP) is 2.07. The number of rotatable bonds is 2. The normalized spacial score (nSPS) is 22.6. The molecular formula is C16H18N2O2. The van der Waals surface area contributed by atoms with Gasteiger partial charge in [-0.15, -0.1) is 0 Å². The molecule has 1 aliphatic rings. The van der Waals surface area contributed by atoms with Crippen LogP contribution >= 0.6 is 0 Å². The number of benzene rings is 2. The summed E-state index contributed by atoms with van der Waals surface area (Å²) in [5.74, 6) is 0.582. The molecule has 0 radical (unpaired) electrons. The minimum atomic E-state index is 0.254. The largest absolute Gasteiger partial charge is 0.508 e. The molecule has 1 saturated heterocycles. The summed E-state index contributed by atoms with van der Waals surface area (Å²) in [6, 6.07) is 15.1. The van der Waals surface area contributed by atoms with Crippen molar-refractivity contribution in [2.24, 2.45) is 0 Å². The van der Waals surface area contributed by atoms with Crippen LogP contribution in [0.1, 0.15) is 23.2 Å². The molecule has 0 aliphatic carbocycles. The molecule has 0 aromatic heterocycles. The Bertz CT molecular complexity index is 505. The van der Waals surface area contributed by atoms with Crippen LogP contribution in [0.5, 0.6) is 11.5 Å². The second kappa shape index (κ2) is 5.53. The summed E-state index contributed by atoms with van der Waals surface area (Å²) in [5, 5.41) is 25.6. The highest BCUT2D eigenvalue weighted by Crippen LogP contribution is 2.23. The summed E-state index contributed by atoms with van der Waals surface area (Å²) in [7, 11) is 0. The van der Waals surface area contributed by atoms with Gasteiger partial charge in [0.1, 0.15) is 11.5 Å². The molecule has 20 heavy (non-hydrogen) atoms. The van der Waals surface area contributed by atoms with Crippen molar-refractivity contribution < 1.29 is 10.2 Å². The number of hydrogen-bond acceptors (Lipinski definition) is 4. The zero-order valence-corrected chi connectivity index (χ0v) is 11.1. The van der Waals surface area contributed by atoms with Crippen LogP contribution in [-0.2, 0) is 0 Å². The molecule has 0 unspecified atom stereocenters. The molecule has 2 aromatic rings. The third-order valence-corrected chi connectivity index (χ3v) is 3.73. The third-order valence-electron chi connectivity index (χ3n) is 3.73. The van der Waals surface area contributed by atoms with E-state index in [2.05, 4.69) is 10.6 Å². The SMILES string of the molecule is Oc1ccc([C@@H]2CN[C@@H](c3ccc(O)cc3)CN2)cc1. The van der Waals surface area contributed by atoms with Crippen LogP contribution in [-0.4, -0.2) is 23.3 Å². The van der Waals surface area contributed by atoms with Crippen molar-refractivity contribution >= 4 is 0 Å². The highest BCUT2D eigenvalue weighted by molar-refractivity contribution is 5.31. The predicted molar refractivity (Wildman–Crippen MR) is 77.7 cm³/mol. The lowest BCUT2D eigenvalue weighted by molar-refractivity contribution is 0.356. The number of phenols is 2. The van der Waals surface area contributed by atoms with Gasteiger partial charge in [-0.1, -0.05) is 24.3 Å². The molecule has 1 aliphatic heterocycles. The fraction of sp³-hybridized carbons (Fsp3) is 0.250. The number of phenolic OH excluding ortho intramolecular Hbond substituents is 2. The number of piperazine rings is 1. The van der Waals surface area contributed by atoms with E-state index in [9.17, 15) is 10.2 Å². The van der Waals surface area contributed by atoms with Gasteiger partial charge in [-0.25, -0.2) is 0 Å². The van der Waals surface area contributed by atoms with Crippen molar-refractivity contribution in [1.29, 1.82) is 0 Å². The first-order chi connectivity index (χ1) is 9.72. The van der Waals surface area contributed by atoms with Crippen LogP contribution in [0, 0.1) is 0 Å². The van der Waals surface area contributed by atoms with E-state index in [1.54, 1.807) is 24.3 Å². The standard InChI is InChI=1S/C16H18N2O2/c19-13-5-1-11(2-6-13)15-9-18-16(10-17-15)12-3-7-14(20)8-4-12/h1-8,15-20H,9-10H2/t15-,16+. The quantitative estimate of drug-likeness (QED) is 0.674. The van der Waals surface area contributed by atoms with Gasteiger partial charge < -0.3 is 20.8 Å². The van der Waals surface area contributed by atoms with Gasteiger partial charge in [0.05, 0.1) is 0 Å². The van der Waals surface area contributed by atoms with E-state index >= 15 is 0 Å². The van der Waals surface area contributed by atoms with Crippen molar-refractivity contribution in [3.8, 4) is 11.5 Å². The van der Waals surface area contributed by atoms with Crippen molar-refractivity contribution in [2.45, 2.75) is 12.1 Å². The van der Waals surface area contributed by atoms with E-state index in [1.807, 2.05) is 24.3 Å². The Morgan fingerprint density at radius 3 is 1.30 bits per heavy atom. The first kappa shape index (κ1) is 13.0. The summed E-state index contributed by atoms with van der Waals surface area (Å²) < 4.78 is 0. The first-order valence-corrected chi connectivity index (χ1v) is 6.77. The average molecular weight is 270 g/mol. The minimum absolute atomic E-state index is 0.254. The fourth-order valence-electron chi connectivity index (χ4n) is 2.55. The van der Waals surface area contributed by atoms with Crippen LogP contribution in [0.4, 0.5) is 0 Å². The van der Waals surface area contributed by atoms with Gasteiger partial charge >= 0.3 is 0 Å². The monoisotopic (exact) mass is 270 g/mol. The van der Waals surface area contributed by atoms with Crippen molar-refractivity contribution in [1.82, 2.24) is 10.6 Å².